The number of nitrogens with one attached hydrogen (secondary N) is 2. The molecule has 0 aromatic carbocycles. The monoisotopic (exact) mass is 282 g/mol. The summed E-state index contributed by atoms with van der Waals surface area (Å²) in [6, 6.07) is -0.419. The highest BCUT2D eigenvalue weighted by Gasteiger charge is 2.12. The van der Waals surface area contributed by atoms with Crippen LogP contribution < -0.4 is 10.6 Å². The lowest BCUT2D eigenvalue weighted by molar-refractivity contribution is 0.203. The van der Waals surface area contributed by atoms with Gasteiger partial charge in [-0.3, -0.25) is 0 Å². The van der Waals surface area contributed by atoms with Gasteiger partial charge in [0.15, 0.2) is 0 Å². The van der Waals surface area contributed by atoms with E-state index in [9.17, 15) is 0 Å². The molecule has 0 spiro atoms. The topological polar surface area (TPSA) is 90.3 Å². The van der Waals surface area contributed by atoms with E-state index in [0.717, 1.165) is 23.9 Å². The van der Waals surface area contributed by atoms with Crippen molar-refractivity contribution in [2.45, 2.75) is 19.4 Å². The summed E-state index contributed by atoms with van der Waals surface area (Å²) < 4.78 is 0. The van der Waals surface area contributed by atoms with Crippen LogP contribution in [-0.4, -0.2) is 46.0 Å². The molecule has 0 saturated heterocycles. The first-order valence-electron chi connectivity index (χ1n) is 6.24. The van der Waals surface area contributed by atoms with E-state index >= 15 is 0 Å². The van der Waals surface area contributed by atoms with Gasteiger partial charge in [0.1, 0.15) is 5.82 Å². The molecule has 0 saturated carbocycles. The van der Waals surface area contributed by atoms with E-state index < -0.39 is 6.04 Å². The average Bonchev–Trinajstić information content (AvgIpc) is 2.90. The summed E-state index contributed by atoms with van der Waals surface area (Å²) in [6.07, 6.45) is 0.990. The smallest absolute Gasteiger partial charge is 0.225 e. The van der Waals surface area contributed by atoms with Crippen molar-refractivity contribution in [2.75, 3.05) is 30.4 Å². The first-order chi connectivity index (χ1) is 9.28. The predicted octanol–water partition coefficient (Wildman–Crippen LogP) is 1.28. The maximum absolute atomic E-state index is 9.14. The Labute approximate surface area is 115 Å². The van der Waals surface area contributed by atoms with Crippen molar-refractivity contribution < 1.29 is 10.2 Å². The van der Waals surface area contributed by atoms with Gasteiger partial charge in [-0.25, -0.2) is 4.98 Å². The number of hydrogen-bond donors (Lipinski definition) is 4. The zero-order chi connectivity index (χ0) is 13.7. The Bertz CT molecular complexity index is 527. The zero-order valence-corrected chi connectivity index (χ0v) is 11.6. The van der Waals surface area contributed by atoms with E-state index in [0.29, 0.717) is 11.8 Å². The van der Waals surface area contributed by atoms with Crippen LogP contribution in [0.25, 0.3) is 10.9 Å². The third-order valence-electron chi connectivity index (χ3n) is 2.66. The van der Waals surface area contributed by atoms with Gasteiger partial charge in [-0.1, -0.05) is 6.92 Å². The molecule has 0 aliphatic carbocycles. The summed E-state index contributed by atoms with van der Waals surface area (Å²) in [5, 5.41) is 29.3. The Morgan fingerprint density at radius 3 is 2.74 bits per heavy atom. The molecule has 0 amide bonds. The number of anilines is 2. The molecule has 2 aromatic heterocycles. The van der Waals surface area contributed by atoms with Crippen LogP contribution in [0, 0.1) is 0 Å². The molecule has 2 heterocycles. The van der Waals surface area contributed by atoms with Crippen LogP contribution in [0.1, 0.15) is 13.3 Å². The summed E-state index contributed by atoms with van der Waals surface area (Å²) in [6.45, 7) is 2.58. The van der Waals surface area contributed by atoms with E-state index in [1.54, 1.807) is 11.3 Å². The van der Waals surface area contributed by atoms with Gasteiger partial charge in [0.2, 0.25) is 5.95 Å². The number of aliphatic hydroxyl groups is 2. The fourth-order valence-corrected chi connectivity index (χ4v) is 2.37. The quantitative estimate of drug-likeness (QED) is 0.611. The van der Waals surface area contributed by atoms with Crippen LogP contribution >= 0.6 is 11.3 Å². The molecule has 0 unspecified atom stereocenters. The van der Waals surface area contributed by atoms with Gasteiger partial charge < -0.3 is 20.8 Å². The molecule has 0 atom stereocenters. The van der Waals surface area contributed by atoms with Crippen LogP contribution in [0.3, 0.4) is 0 Å². The Balaban J connectivity index is 2.30. The molecule has 0 aliphatic rings. The highest BCUT2D eigenvalue weighted by atomic mass is 32.1. The van der Waals surface area contributed by atoms with Gasteiger partial charge in [-0.15, -0.1) is 11.3 Å². The predicted molar refractivity (Wildman–Crippen MR) is 77.8 cm³/mol. The summed E-state index contributed by atoms with van der Waals surface area (Å²) in [5.41, 5.74) is 0.857. The van der Waals surface area contributed by atoms with Crippen LogP contribution in [0.2, 0.25) is 0 Å². The van der Waals surface area contributed by atoms with Crippen molar-refractivity contribution in [2.24, 2.45) is 0 Å². The second-order valence-electron chi connectivity index (χ2n) is 4.20. The maximum atomic E-state index is 9.14. The van der Waals surface area contributed by atoms with Gasteiger partial charge in [0.25, 0.3) is 0 Å². The molecule has 7 heteroatoms. The molecule has 0 bridgehead atoms. The standard InChI is InChI=1S/C12H18N4O2S/c1-2-3-13-12-15-10-7-19-6-9(10)11(16-12)14-8(4-17)5-18/h6-8,17-18H,2-5H2,1H3,(H2,13,14,15,16). The van der Waals surface area contributed by atoms with Gasteiger partial charge in [-0.2, -0.15) is 4.98 Å². The number of thiophene rings is 1. The van der Waals surface area contributed by atoms with Crippen LogP contribution in [0.5, 0.6) is 0 Å². The Hall–Kier alpha value is -1.44. The molecule has 6 nitrogen and oxygen atoms in total. The normalized spacial score (nSPS) is 11.2. The molecule has 0 fully saturated rings. The number of rotatable bonds is 7. The summed E-state index contributed by atoms with van der Waals surface area (Å²) >= 11 is 1.55. The average molecular weight is 282 g/mol. The van der Waals surface area contributed by atoms with Crippen molar-refractivity contribution in [1.82, 2.24) is 9.97 Å². The molecule has 2 rings (SSSR count). The fourth-order valence-electron chi connectivity index (χ4n) is 1.63. The summed E-state index contributed by atoms with van der Waals surface area (Å²) in [5.74, 6) is 1.20. The van der Waals surface area contributed by atoms with E-state index in [-0.39, 0.29) is 13.2 Å². The van der Waals surface area contributed by atoms with Crippen molar-refractivity contribution in [3.63, 3.8) is 0 Å². The van der Waals surface area contributed by atoms with E-state index in [1.165, 1.54) is 0 Å². The van der Waals surface area contributed by atoms with Crippen molar-refractivity contribution in [1.29, 1.82) is 0 Å². The molecular formula is C12H18N4O2S. The molecule has 4 N–H and O–H groups in total. The maximum Gasteiger partial charge on any atom is 0.225 e. The Kier molecular flexibility index (Phi) is 4.89. The second kappa shape index (κ2) is 6.65. The molecule has 0 radical (unpaired) electrons. The second-order valence-corrected chi connectivity index (χ2v) is 4.94. The molecule has 2 aromatic rings. The highest BCUT2D eigenvalue weighted by Crippen LogP contribution is 2.25. The largest absolute Gasteiger partial charge is 0.394 e. The van der Waals surface area contributed by atoms with Crippen molar-refractivity contribution in [3.8, 4) is 0 Å². The van der Waals surface area contributed by atoms with Crippen LogP contribution in [0.4, 0.5) is 11.8 Å². The third kappa shape index (κ3) is 3.31. The molecule has 104 valence electrons. The fraction of sp³-hybridized carbons (Fsp3) is 0.500. The summed E-state index contributed by atoms with van der Waals surface area (Å²) in [4.78, 5) is 8.81. The van der Waals surface area contributed by atoms with Crippen molar-refractivity contribution in [3.05, 3.63) is 10.8 Å². The number of nitrogens with zero attached hydrogens (tertiary/aromatic N) is 2. The van der Waals surface area contributed by atoms with Gasteiger partial charge >= 0.3 is 0 Å². The van der Waals surface area contributed by atoms with Gasteiger partial charge in [0.05, 0.1) is 30.2 Å². The number of hydrogen-bond acceptors (Lipinski definition) is 7. The highest BCUT2D eigenvalue weighted by molar-refractivity contribution is 7.09. The first-order valence-corrected chi connectivity index (χ1v) is 7.18. The van der Waals surface area contributed by atoms with E-state index in [4.69, 9.17) is 10.2 Å². The molecule has 0 aliphatic heterocycles. The minimum Gasteiger partial charge on any atom is -0.394 e. The first kappa shape index (κ1) is 14.0. The van der Waals surface area contributed by atoms with Gasteiger partial charge in [-0.05, 0) is 6.42 Å². The van der Waals surface area contributed by atoms with E-state index in [1.807, 2.05) is 10.8 Å². The summed E-state index contributed by atoms with van der Waals surface area (Å²) in [7, 11) is 0. The van der Waals surface area contributed by atoms with Crippen LogP contribution in [0.15, 0.2) is 10.8 Å². The van der Waals surface area contributed by atoms with Gasteiger partial charge in [0, 0.05) is 17.3 Å². The SMILES string of the molecule is CCCNc1nc(NC(CO)CO)c2cscc2n1. The minimum atomic E-state index is -0.419. The zero-order valence-electron chi connectivity index (χ0n) is 10.8. The molecule has 19 heavy (non-hydrogen) atoms. The van der Waals surface area contributed by atoms with Crippen LogP contribution in [-0.2, 0) is 0 Å². The Morgan fingerprint density at radius 1 is 1.26 bits per heavy atom. The minimum absolute atomic E-state index is 0.149. The molecular weight excluding hydrogens is 264 g/mol. The lowest BCUT2D eigenvalue weighted by Gasteiger charge is -2.15. The number of aromatic nitrogens is 2. The van der Waals surface area contributed by atoms with Crippen molar-refractivity contribution >= 4 is 34.0 Å². The van der Waals surface area contributed by atoms with E-state index in [2.05, 4.69) is 27.5 Å². The number of fused-ring (bicyclic) bond motifs is 1. The number of aliphatic hydroxyl groups excluding tert-OH is 2. The lowest BCUT2D eigenvalue weighted by atomic mass is 10.3. The lowest BCUT2D eigenvalue weighted by Crippen LogP contribution is -2.28. The Morgan fingerprint density at radius 2 is 2.05 bits per heavy atom. The third-order valence-corrected chi connectivity index (χ3v) is 3.39.